The van der Waals surface area contributed by atoms with Crippen molar-refractivity contribution in [3.05, 3.63) is 94.8 Å². The zero-order valence-corrected chi connectivity index (χ0v) is 16.0. The maximum absolute atomic E-state index is 14.0. The molecule has 4 nitrogen and oxygen atoms in total. The van der Waals surface area contributed by atoms with Crippen LogP contribution in [0, 0.1) is 5.82 Å². The third-order valence-electron chi connectivity index (χ3n) is 4.42. The summed E-state index contributed by atoms with van der Waals surface area (Å²) in [4.78, 5) is 0. The van der Waals surface area contributed by atoms with Crippen molar-refractivity contribution in [2.75, 3.05) is 11.0 Å². The number of anilines is 1. The molecule has 1 aliphatic rings. The van der Waals surface area contributed by atoms with Gasteiger partial charge in [0.1, 0.15) is 18.2 Å². The summed E-state index contributed by atoms with van der Waals surface area (Å²) in [6.45, 7) is 0.347. The molecule has 0 aromatic heterocycles. The molecule has 0 unspecified atom stereocenters. The molecule has 0 amide bonds. The first kappa shape index (κ1) is 18.3. The Bertz CT molecular complexity index is 1190. The molecule has 1 aliphatic heterocycles. The van der Waals surface area contributed by atoms with E-state index in [0.29, 0.717) is 12.3 Å². The third-order valence-corrected chi connectivity index (χ3v) is 5.03. The molecule has 0 saturated heterocycles. The zero-order valence-electron chi connectivity index (χ0n) is 15.1. The number of sulfonamides is 1. The van der Waals surface area contributed by atoms with Gasteiger partial charge in [-0.15, -0.1) is 0 Å². The molecule has 0 aliphatic carbocycles. The van der Waals surface area contributed by atoms with E-state index >= 15 is 0 Å². The van der Waals surface area contributed by atoms with Gasteiger partial charge in [0.2, 0.25) is 10.0 Å². The normalized spacial score (nSPS) is 14.6. The maximum atomic E-state index is 14.0. The molecule has 1 N–H and O–H groups in total. The quantitative estimate of drug-likeness (QED) is 0.701. The van der Waals surface area contributed by atoms with Gasteiger partial charge in [0.25, 0.3) is 0 Å². The number of nitrogens with one attached hydrogen (secondary N) is 1. The first-order valence-corrected chi connectivity index (χ1v) is 10.6. The molecular weight excluding hydrogens is 377 g/mol. The predicted molar refractivity (Wildman–Crippen MR) is 109 cm³/mol. The summed E-state index contributed by atoms with van der Waals surface area (Å²) in [5.74, 6) is 0.396. The number of fused-ring (bicyclic) bond motifs is 2. The van der Waals surface area contributed by atoms with E-state index in [1.54, 1.807) is 24.3 Å². The van der Waals surface area contributed by atoms with Gasteiger partial charge in [-0.2, -0.15) is 0 Å². The summed E-state index contributed by atoms with van der Waals surface area (Å²) in [5.41, 5.74) is 4.57. The highest BCUT2D eigenvalue weighted by molar-refractivity contribution is 7.92. The lowest BCUT2D eigenvalue weighted by Crippen LogP contribution is -2.09. The summed E-state index contributed by atoms with van der Waals surface area (Å²) in [7, 11) is -3.38. The van der Waals surface area contributed by atoms with Crippen molar-refractivity contribution >= 4 is 27.4 Å². The van der Waals surface area contributed by atoms with Gasteiger partial charge in [-0.05, 0) is 58.7 Å². The van der Waals surface area contributed by atoms with Crippen LogP contribution in [0.25, 0.3) is 11.6 Å². The fourth-order valence-corrected chi connectivity index (χ4v) is 3.82. The molecule has 0 radical (unpaired) electrons. The number of para-hydroxylation sites is 1. The largest absolute Gasteiger partial charge is 0.488 e. The average molecular weight is 395 g/mol. The Balaban J connectivity index is 1.89. The van der Waals surface area contributed by atoms with Crippen molar-refractivity contribution in [3.8, 4) is 5.75 Å². The fraction of sp³-hybridized carbons (Fsp3) is 0.0909. The Kier molecular flexibility index (Phi) is 4.65. The molecule has 3 aromatic carbocycles. The third kappa shape index (κ3) is 3.92. The Hall–Kier alpha value is -3.12. The first-order valence-electron chi connectivity index (χ1n) is 8.70. The lowest BCUT2D eigenvalue weighted by molar-refractivity contribution is 0.307. The van der Waals surface area contributed by atoms with E-state index < -0.39 is 10.0 Å². The maximum Gasteiger partial charge on any atom is 0.229 e. The van der Waals surface area contributed by atoms with Crippen molar-refractivity contribution in [1.82, 2.24) is 0 Å². The van der Waals surface area contributed by atoms with Gasteiger partial charge in [-0.1, -0.05) is 36.4 Å². The molecule has 28 heavy (non-hydrogen) atoms. The highest BCUT2D eigenvalue weighted by atomic mass is 32.2. The van der Waals surface area contributed by atoms with Crippen LogP contribution in [0.4, 0.5) is 10.1 Å². The van der Waals surface area contributed by atoms with Crippen molar-refractivity contribution in [2.24, 2.45) is 0 Å². The van der Waals surface area contributed by atoms with Gasteiger partial charge >= 0.3 is 0 Å². The van der Waals surface area contributed by atoms with E-state index in [2.05, 4.69) is 4.72 Å². The lowest BCUT2D eigenvalue weighted by atomic mass is 9.92. The van der Waals surface area contributed by atoms with Crippen LogP contribution in [0.5, 0.6) is 5.75 Å². The number of benzene rings is 3. The van der Waals surface area contributed by atoms with Crippen molar-refractivity contribution in [1.29, 1.82) is 0 Å². The molecule has 0 spiro atoms. The molecule has 4 rings (SSSR count). The van der Waals surface area contributed by atoms with Gasteiger partial charge in [-0.25, -0.2) is 12.8 Å². The Morgan fingerprint density at radius 1 is 1.00 bits per heavy atom. The topological polar surface area (TPSA) is 55.4 Å². The molecule has 0 bridgehead atoms. The second kappa shape index (κ2) is 7.13. The van der Waals surface area contributed by atoms with Gasteiger partial charge in [0.15, 0.2) is 0 Å². The average Bonchev–Trinajstić information content (AvgIpc) is 2.78. The standard InChI is InChI=1S/C22H18FNO3S/c1-28(25,26)24-18-6-4-5-15(11-18)12-21-19-7-2-3-8-22(19)27-14-16-9-10-17(23)13-20(16)21/h2-13,24H,14H2,1H3/b21-12+. The van der Waals surface area contributed by atoms with E-state index in [1.165, 1.54) is 12.1 Å². The van der Waals surface area contributed by atoms with Gasteiger partial charge in [-0.3, -0.25) is 4.72 Å². The summed E-state index contributed by atoms with van der Waals surface area (Å²) in [6, 6.07) is 19.3. The van der Waals surface area contributed by atoms with Crippen molar-refractivity contribution in [3.63, 3.8) is 0 Å². The van der Waals surface area contributed by atoms with E-state index in [1.807, 2.05) is 36.4 Å². The molecule has 1 heterocycles. The number of hydrogen-bond donors (Lipinski definition) is 1. The summed E-state index contributed by atoms with van der Waals surface area (Å²) in [6.07, 6.45) is 3.02. The van der Waals surface area contributed by atoms with Crippen LogP contribution in [0.15, 0.2) is 66.7 Å². The van der Waals surface area contributed by atoms with Crippen LogP contribution in [0.2, 0.25) is 0 Å². The highest BCUT2D eigenvalue weighted by Gasteiger charge is 2.19. The zero-order chi connectivity index (χ0) is 19.7. The molecule has 142 valence electrons. The molecular formula is C22H18FNO3S. The van der Waals surface area contributed by atoms with Crippen LogP contribution in [-0.4, -0.2) is 14.7 Å². The second-order valence-corrected chi connectivity index (χ2v) is 8.39. The van der Waals surface area contributed by atoms with E-state index in [9.17, 15) is 12.8 Å². The molecule has 0 fully saturated rings. The van der Waals surface area contributed by atoms with Crippen LogP contribution < -0.4 is 9.46 Å². The monoisotopic (exact) mass is 395 g/mol. The van der Waals surface area contributed by atoms with Crippen LogP contribution in [0.1, 0.15) is 22.3 Å². The van der Waals surface area contributed by atoms with Crippen molar-refractivity contribution in [2.45, 2.75) is 6.61 Å². The van der Waals surface area contributed by atoms with Gasteiger partial charge in [0, 0.05) is 11.3 Å². The minimum absolute atomic E-state index is 0.323. The molecule has 0 atom stereocenters. The van der Waals surface area contributed by atoms with E-state index in [0.717, 1.165) is 39.8 Å². The van der Waals surface area contributed by atoms with Gasteiger partial charge < -0.3 is 4.74 Å². The smallest absolute Gasteiger partial charge is 0.229 e. The number of hydrogen-bond acceptors (Lipinski definition) is 3. The SMILES string of the molecule is CS(=O)(=O)Nc1cccc(/C=C2/c3cc(F)ccc3COc3ccccc32)c1. The molecule has 3 aromatic rings. The second-order valence-electron chi connectivity index (χ2n) is 6.64. The Morgan fingerprint density at radius 2 is 1.82 bits per heavy atom. The Labute approximate surface area is 163 Å². The predicted octanol–water partition coefficient (Wildman–Crippen LogP) is 4.68. The molecule has 6 heteroatoms. The summed E-state index contributed by atoms with van der Waals surface area (Å²) in [5, 5.41) is 0. The minimum atomic E-state index is -3.38. The van der Waals surface area contributed by atoms with Gasteiger partial charge in [0.05, 0.1) is 6.26 Å². The highest BCUT2D eigenvalue weighted by Crippen LogP contribution is 2.38. The Morgan fingerprint density at radius 3 is 2.64 bits per heavy atom. The first-order chi connectivity index (χ1) is 13.4. The summed E-state index contributed by atoms with van der Waals surface area (Å²) < 4.78 is 45.5. The summed E-state index contributed by atoms with van der Waals surface area (Å²) >= 11 is 0. The van der Waals surface area contributed by atoms with Crippen LogP contribution in [0.3, 0.4) is 0 Å². The van der Waals surface area contributed by atoms with E-state index in [4.69, 9.17) is 4.74 Å². The number of ether oxygens (including phenoxy) is 1. The van der Waals surface area contributed by atoms with Crippen molar-refractivity contribution < 1.29 is 17.5 Å². The van der Waals surface area contributed by atoms with Crippen LogP contribution >= 0.6 is 0 Å². The van der Waals surface area contributed by atoms with Crippen LogP contribution in [-0.2, 0) is 16.6 Å². The van der Waals surface area contributed by atoms with E-state index in [-0.39, 0.29) is 5.82 Å². The fourth-order valence-electron chi connectivity index (χ4n) is 3.27. The molecule has 0 saturated carbocycles. The number of rotatable bonds is 3. The number of halogens is 1. The minimum Gasteiger partial charge on any atom is -0.488 e. The lowest BCUT2D eigenvalue weighted by Gasteiger charge is -2.11.